The Morgan fingerprint density at radius 3 is 2.69 bits per heavy atom. The molecule has 0 unspecified atom stereocenters. The maximum atomic E-state index is 9.99. The third kappa shape index (κ3) is 2.23. The Labute approximate surface area is 94.2 Å². The summed E-state index contributed by atoms with van der Waals surface area (Å²) in [5.74, 6) is 0. The number of hydrogen-bond acceptors (Lipinski definition) is 4. The van der Waals surface area contributed by atoms with Crippen molar-refractivity contribution in [3.63, 3.8) is 0 Å². The zero-order valence-corrected chi connectivity index (χ0v) is 8.91. The fourth-order valence-electron chi connectivity index (χ4n) is 1.75. The topological polar surface area (TPSA) is 62.0 Å². The lowest BCUT2D eigenvalue weighted by atomic mass is 10.00. The van der Waals surface area contributed by atoms with Crippen LogP contribution in [0.2, 0.25) is 0 Å². The highest BCUT2D eigenvalue weighted by Gasteiger charge is 2.32. The summed E-state index contributed by atoms with van der Waals surface area (Å²) in [5, 5.41) is 22.6. The molecule has 4 heteroatoms. The maximum absolute atomic E-state index is 9.99. The molecular weight excluding hydrogens is 206 g/mol. The van der Waals surface area contributed by atoms with E-state index in [2.05, 4.69) is 5.16 Å². The van der Waals surface area contributed by atoms with Gasteiger partial charge in [0.2, 0.25) is 0 Å². The van der Waals surface area contributed by atoms with E-state index >= 15 is 0 Å². The van der Waals surface area contributed by atoms with Gasteiger partial charge in [-0.3, -0.25) is 0 Å². The summed E-state index contributed by atoms with van der Waals surface area (Å²) in [5.41, 5.74) is 1.45. The lowest BCUT2D eigenvalue weighted by Crippen LogP contribution is -2.29. The van der Waals surface area contributed by atoms with E-state index in [1.807, 2.05) is 30.3 Å². The maximum Gasteiger partial charge on any atom is 0.159 e. The molecule has 2 N–H and O–H groups in total. The second-order valence-corrected chi connectivity index (χ2v) is 3.80. The second-order valence-electron chi connectivity index (χ2n) is 3.80. The summed E-state index contributed by atoms with van der Waals surface area (Å²) < 4.78 is 0. The Hall–Kier alpha value is -1.39. The summed E-state index contributed by atoms with van der Waals surface area (Å²) in [4.78, 5) is 5.16. The van der Waals surface area contributed by atoms with E-state index < -0.39 is 6.10 Å². The first-order valence-corrected chi connectivity index (χ1v) is 5.41. The lowest BCUT2D eigenvalue weighted by molar-refractivity contribution is 0.0128. The van der Waals surface area contributed by atoms with Gasteiger partial charge in [-0.15, -0.1) is 0 Å². The molecule has 0 bridgehead atoms. The molecule has 0 spiro atoms. The van der Waals surface area contributed by atoms with Crippen LogP contribution in [0.5, 0.6) is 0 Å². The quantitative estimate of drug-likeness (QED) is 0.794. The molecular formula is C12H15NO3. The molecule has 0 aliphatic carbocycles. The number of rotatable bonds is 4. The van der Waals surface area contributed by atoms with E-state index in [1.165, 1.54) is 0 Å². The molecule has 4 nitrogen and oxygen atoms in total. The molecule has 1 aliphatic rings. The van der Waals surface area contributed by atoms with E-state index in [4.69, 9.17) is 9.94 Å². The van der Waals surface area contributed by atoms with Gasteiger partial charge in [-0.25, -0.2) is 0 Å². The smallest absolute Gasteiger partial charge is 0.159 e. The van der Waals surface area contributed by atoms with Gasteiger partial charge in [-0.1, -0.05) is 35.5 Å². The monoisotopic (exact) mass is 221 g/mol. The van der Waals surface area contributed by atoms with Crippen molar-refractivity contribution in [2.45, 2.75) is 25.0 Å². The summed E-state index contributed by atoms with van der Waals surface area (Å²) in [6.07, 6.45) is 0.188. The number of oxime groups is 1. The molecule has 1 heterocycles. The first kappa shape index (κ1) is 11.1. The van der Waals surface area contributed by atoms with Crippen molar-refractivity contribution in [1.82, 2.24) is 0 Å². The number of hydrogen-bond donors (Lipinski definition) is 2. The van der Waals surface area contributed by atoms with E-state index in [9.17, 15) is 5.11 Å². The molecule has 86 valence electrons. The molecule has 1 aromatic rings. The number of aliphatic hydroxyl groups is 2. The van der Waals surface area contributed by atoms with Crippen LogP contribution in [0.15, 0.2) is 35.5 Å². The van der Waals surface area contributed by atoms with Crippen molar-refractivity contribution in [2.24, 2.45) is 5.16 Å². The van der Waals surface area contributed by atoms with Gasteiger partial charge in [0.1, 0.15) is 11.8 Å². The van der Waals surface area contributed by atoms with Crippen molar-refractivity contribution in [2.75, 3.05) is 6.61 Å². The number of benzene rings is 1. The van der Waals surface area contributed by atoms with Crippen LogP contribution < -0.4 is 0 Å². The van der Waals surface area contributed by atoms with Gasteiger partial charge >= 0.3 is 0 Å². The third-order valence-corrected chi connectivity index (χ3v) is 2.64. The van der Waals surface area contributed by atoms with E-state index in [0.717, 1.165) is 5.56 Å². The first-order valence-electron chi connectivity index (χ1n) is 5.41. The summed E-state index contributed by atoms with van der Waals surface area (Å²) in [6, 6.07) is 9.48. The van der Waals surface area contributed by atoms with Gasteiger partial charge in [0.05, 0.1) is 0 Å². The zero-order valence-electron chi connectivity index (χ0n) is 8.91. The zero-order chi connectivity index (χ0) is 11.4. The van der Waals surface area contributed by atoms with Crippen molar-refractivity contribution >= 4 is 5.71 Å². The van der Waals surface area contributed by atoms with Gasteiger partial charge in [0.15, 0.2) is 6.10 Å². The molecule has 2 atom stereocenters. The van der Waals surface area contributed by atoms with Crippen LogP contribution in [-0.2, 0) is 4.84 Å². The minimum Gasteiger partial charge on any atom is -0.396 e. The minimum atomic E-state index is -0.700. The predicted octanol–water partition coefficient (Wildman–Crippen LogP) is 0.923. The summed E-state index contributed by atoms with van der Waals surface area (Å²) in [6.45, 7) is 0.104. The van der Waals surface area contributed by atoms with Crippen LogP contribution in [0.1, 0.15) is 18.4 Å². The second kappa shape index (κ2) is 5.09. The van der Waals surface area contributed by atoms with E-state index in [-0.39, 0.29) is 12.7 Å². The molecule has 16 heavy (non-hydrogen) atoms. The standard InChI is InChI=1S/C12H15NO3/c14-8-4-7-10-12(15)11(13-16-10)9-5-2-1-3-6-9/h1-3,5-6,10,12,14-15H,4,7-8H2/t10-,12-/m0/s1. The van der Waals surface area contributed by atoms with Gasteiger partial charge in [0, 0.05) is 12.2 Å². The van der Waals surface area contributed by atoms with Gasteiger partial charge < -0.3 is 15.1 Å². The minimum absolute atomic E-state index is 0.104. The number of aliphatic hydroxyl groups excluding tert-OH is 2. The van der Waals surface area contributed by atoms with Crippen LogP contribution in [0, 0.1) is 0 Å². The van der Waals surface area contributed by atoms with Crippen LogP contribution in [0.25, 0.3) is 0 Å². The molecule has 0 saturated carbocycles. The molecule has 0 fully saturated rings. The fraction of sp³-hybridized carbons (Fsp3) is 0.417. The summed E-state index contributed by atoms with van der Waals surface area (Å²) in [7, 11) is 0. The Morgan fingerprint density at radius 1 is 1.25 bits per heavy atom. The van der Waals surface area contributed by atoms with E-state index in [0.29, 0.717) is 18.6 Å². The largest absolute Gasteiger partial charge is 0.396 e. The van der Waals surface area contributed by atoms with Crippen LogP contribution >= 0.6 is 0 Å². The summed E-state index contributed by atoms with van der Waals surface area (Å²) >= 11 is 0. The highest BCUT2D eigenvalue weighted by atomic mass is 16.7. The Balaban J connectivity index is 2.04. The molecule has 0 aromatic heterocycles. The third-order valence-electron chi connectivity index (χ3n) is 2.64. The molecule has 0 amide bonds. The first-order chi connectivity index (χ1) is 7.83. The Bertz CT molecular complexity index is 364. The van der Waals surface area contributed by atoms with Gasteiger partial charge in [0.25, 0.3) is 0 Å². The van der Waals surface area contributed by atoms with Crippen LogP contribution in [0.4, 0.5) is 0 Å². The fourth-order valence-corrected chi connectivity index (χ4v) is 1.75. The predicted molar refractivity (Wildman–Crippen MR) is 60.2 cm³/mol. The highest BCUT2D eigenvalue weighted by molar-refractivity contribution is 6.04. The average Bonchev–Trinajstić information content (AvgIpc) is 2.69. The average molecular weight is 221 g/mol. The van der Waals surface area contributed by atoms with Crippen molar-refractivity contribution in [3.8, 4) is 0 Å². The van der Waals surface area contributed by atoms with Gasteiger partial charge in [-0.05, 0) is 12.8 Å². The van der Waals surface area contributed by atoms with Crippen LogP contribution in [0.3, 0.4) is 0 Å². The van der Waals surface area contributed by atoms with Crippen LogP contribution in [-0.4, -0.2) is 34.7 Å². The number of nitrogens with zero attached hydrogens (tertiary/aromatic N) is 1. The van der Waals surface area contributed by atoms with E-state index in [1.54, 1.807) is 0 Å². The van der Waals surface area contributed by atoms with Crippen molar-refractivity contribution in [1.29, 1.82) is 0 Å². The molecule has 0 radical (unpaired) electrons. The van der Waals surface area contributed by atoms with Gasteiger partial charge in [-0.2, -0.15) is 0 Å². The molecule has 2 rings (SSSR count). The Morgan fingerprint density at radius 2 is 2.00 bits per heavy atom. The van der Waals surface area contributed by atoms with Crippen molar-refractivity contribution < 1.29 is 15.1 Å². The normalized spacial score (nSPS) is 24.0. The highest BCUT2D eigenvalue weighted by Crippen LogP contribution is 2.20. The molecule has 1 aromatic carbocycles. The molecule has 0 saturated heterocycles. The lowest BCUT2D eigenvalue weighted by Gasteiger charge is -2.12. The van der Waals surface area contributed by atoms with Crippen molar-refractivity contribution in [3.05, 3.63) is 35.9 Å². The SMILES string of the molecule is OCCC[C@@H]1ON=C(c2ccccc2)[C@H]1O. The Kier molecular flexibility index (Phi) is 3.54. The molecule has 1 aliphatic heterocycles.